The monoisotopic (exact) mass is 383 g/mol. The second-order valence-corrected chi connectivity index (χ2v) is 6.89. The van der Waals surface area contributed by atoms with Crippen LogP contribution in [0.5, 0.6) is 11.5 Å². The molecule has 0 bridgehead atoms. The third kappa shape index (κ3) is 3.68. The SMILES string of the molecule is Cc1cccc(-c2nnc(SCC(=O)Nc3ccc4c(c3)OCO4)n2N)c1. The quantitative estimate of drug-likeness (QED) is 0.515. The molecule has 0 atom stereocenters. The molecular weight excluding hydrogens is 366 g/mol. The van der Waals surface area contributed by atoms with Crippen LogP contribution in [0, 0.1) is 6.92 Å². The smallest absolute Gasteiger partial charge is 0.234 e. The van der Waals surface area contributed by atoms with Crippen molar-refractivity contribution >= 4 is 23.4 Å². The normalized spacial score (nSPS) is 12.2. The molecule has 1 amide bonds. The second-order valence-electron chi connectivity index (χ2n) is 5.95. The zero-order chi connectivity index (χ0) is 18.8. The van der Waals surface area contributed by atoms with E-state index in [1.165, 1.54) is 16.4 Å². The third-order valence-electron chi connectivity index (χ3n) is 3.93. The van der Waals surface area contributed by atoms with Gasteiger partial charge in [0.05, 0.1) is 5.75 Å². The van der Waals surface area contributed by atoms with Crippen LogP contribution < -0.4 is 20.6 Å². The van der Waals surface area contributed by atoms with Crippen LogP contribution in [0.1, 0.15) is 5.56 Å². The summed E-state index contributed by atoms with van der Waals surface area (Å²) in [5.74, 6) is 7.90. The van der Waals surface area contributed by atoms with Crippen molar-refractivity contribution in [3.8, 4) is 22.9 Å². The van der Waals surface area contributed by atoms with Crippen molar-refractivity contribution in [1.29, 1.82) is 0 Å². The van der Waals surface area contributed by atoms with E-state index in [0.717, 1.165) is 11.1 Å². The number of benzene rings is 2. The van der Waals surface area contributed by atoms with E-state index < -0.39 is 0 Å². The van der Waals surface area contributed by atoms with Crippen molar-refractivity contribution in [2.45, 2.75) is 12.1 Å². The van der Waals surface area contributed by atoms with Crippen LogP contribution in [-0.2, 0) is 4.79 Å². The Morgan fingerprint density at radius 2 is 2.07 bits per heavy atom. The van der Waals surface area contributed by atoms with E-state index in [0.29, 0.717) is 28.2 Å². The molecule has 0 saturated carbocycles. The van der Waals surface area contributed by atoms with Gasteiger partial charge in [0.25, 0.3) is 0 Å². The summed E-state index contributed by atoms with van der Waals surface area (Å²) < 4.78 is 12.0. The Balaban J connectivity index is 1.39. The molecule has 9 heteroatoms. The number of nitrogen functional groups attached to an aromatic ring is 1. The van der Waals surface area contributed by atoms with Crippen LogP contribution >= 0.6 is 11.8 Å². The predicted molar refractivity (Wildman–Crippen MR) is 102 cm³/mol. The van der Waals surface area contributed by atoms with Gasteiger partial charge < -0.3 is 20.6 Å². The molecule has 27 heavy (non-hydrogen) atoms. The van der Waals surface area contributed by atoms with E-state index >= 15 is 0 Å². The molecule has 3 N–H and O–H groups in total. The summed E-state index contributed by atoms with van der Waals surface area (Å²) in [6.07, 6.45) is 0. The fourth-order valence-corrected chi connectivity index (χ4v) is 3.31. The van der Waals surface area contributed by atoms with E-state index in [4.69, 9.17) is 15.3 Å². The lowest BCUT2D eigenvalue weighted by molar-refractivity contribution is -0.113. The highest BCUT2D eigenvalue weighted by atomic mass is 32.2. The maximum atomic E-state index is 12.2. The lowest BCUT2D eigenvalue weighted by Gasteiger charge is -2.06. The van der Waals surface area contributed by atoms with Gasteiger partial charge in [0.15, 0.2) is 17.3 Å². The number of anilines is 1. The fraction of sp³-hybridized carbons (Fsp3) is 0.167. The average molecular weight is 383 g/mol. The molecule has 138 valence electrons. The summed E-state index contributed by atoms with van der Waals surface area (Å²) in [7, 11) is 0. The van der Waals surface area contributed by atoms with Crippen molar-refractivity contribution in [3.63, 3.8) is 0 Å². The molecule has 0 aliphatic carbocycles. The van der Waals surface area contributed by atoms with E-state index in [1.54, 1.807) is 18.2 Å². The maximum Gasteiger partial charge on any atom is 0.234 e. The summed E-state index contributed by atoms with van der Waals surface area (Å²) in [4.78, 5) is 12.2. The first-order valence-electron chi connectivity index (χ1n) is 8.20. The van der Waals surface area contributed by atoms with Crippen LogP contribution in [0.25, 0.3) is 11.4 Å². The summed E-state index contributed by atoms with van der Waals surface area (Å²) in [5, 5.41) is 11.5. The van der Waals surface area contributed by atoms with Crippen molar-refractivity contribution < 1.29 is 14.3 Å². The number of hydrogen-bond acceptors (Lipinski definition) is 7. The zero-order valence-electron chi connectivity index (χ0n) is 14.5. The topological polar surface area (TPSA) is 104 Å². The predicted octanol–water partition coefficient (Wildman–Crippen LogP) is 2.43. The van der Waals surface area contributed by atoms with Crippen LogP contribution in [0.2, 0.25) is 0 Å². The van der Waals surface area contributed by atoms with E-state index in [-0.39, 0.29) is 18.5 Å². The maximum absolute atomic E-state index is 12.2. The summed E-state index contributed by atoms with van der Waals surface area (Å²) in [6.45, 7) is 2.19. The minimum Gasteiger partial charge on any atom is -0.454 e. The number of ether oxygens (including phenoxy) is 2. The number of nitrogens with one attached hydrogen (secondary N) is 1. The number of thioether (sulfide) groups is 1. The van der Waals surface area contributed by atoms with Gasteiger partial charge in [-0.1, -0.05) is 35.5 Å². The first kappa shape index (κ1) is 17.2. The zero-order valence-corrected chi connectivity index (χ0v) is 15.3. The molecule has 4 rings (SSSR count). The Bertz CT molecular complexity index is 1000. The Kier molecular flexibility index (Phi) is 4.59. The van der Waals surface area contributed by atoms with Crippen molar-refractivity contribution in [1.82, 2.24) is 14.9 Å². The number of amides is 1. The Labute approximate surface area is 159 Å². The molecule has 0 spiro atoms. The number of carbonyl (C=O) groups excluding carboxylic acids is 1. The van der Waals surface area contributed by atoms with Gasteiger partial charge in [-0.05, 0) is 25.1 Å². The van der Waals surface area contributed by atoms with E-state index in [9.17, 15) is 4.79 Å². The second kappa shape index (κ2) is 7.20. The molecule has 1 aromatic heterocycles. The van der Waals surface area contributed by atoms with Gasteiger partial charge in [-0.3, -0.25) is 4.79 Å². The van der Waals surface area contributed by atoms with E-state index in [2.05, 4.69) is 15.5 Å². The number of fused-ring (bicyclic) bond motifs is 1. The van der Waals surface area contributed by atoms with Gasteiger partial charge in [-0.2, -0.15) is 0 Å². The highest BCUT2D eigenvalue weighted by Gasteiger charge is 2.16. The van der Waals surface area contributed by atoms with Gasteiger partial charge in [0.1, 0.15) is 0 Å². The number of hydrogen-bond donors (Lipinski definition) is 2. The van der Waals surface area contributed by atoms with Gasteiger partial charge in [-0.25, -0.2) is 4.68 Å². The van der Waals surface area contributed by atoms with Gasteiger partial charge >= 0.3 is 0 Å². The highest BCUT2D eigenvalue weighted by Crippen LogP contribution is 2.34. The first-order chi connectivity index (χ1) is 13.1. The lowest BCUT2D eigenvalue weighted by atomic mass is 10.1. The molecule has 0 saturated heterocycles. The standard InChI is InChI=1S/C18H17N5O3S/c1-11-3-2-4-12(7-11)17-21-22-18(23(17)19)27-9-16(24)20-13-5-6-14-15(8-13)26-10-25-14/h2-8H,9-10,19H2,1H3,(H,20,24). The van der Waals surface area contributed by atoms with Crippen LogP contribution in [0.4, 0.5) is 5.69 Å². The largest absolute Gasteiger partial charge is 0.454 e. The fourth-order valence-electron chi connectivity index (χ4n) is 2.66. The van der Waals surface area contributed by atoms with Crippen LogP contribution in [-0.4, -0.2) is 33.3 Å². The minimum atomic E-state index is -0.182. The summed E-state index contributed by atoms with van der Waals surface area (Å²) >= 11 is 1.22. The molecule has 0 fully saturated rings. The summed E-state index contributed by atoms with van der Waals surface area (Å²) in [5.41, 5.74) is 2.62. The van der Waals surface area contributed by atoms with Crippen molar-refractivity contribution in [3.05, 3.63) is 48.0 Å². The van der Waals surface area contributed by atoms with E-state index in [1.807, 2.05) is 31.2 Å². The van der Waals surface area contributed by atoms with Crippen molar-refractivity contribution in [2.75, 3.05) is 23.7 Å². The molecule has 0 unspecified atom stereocenters. The number of rotatable bonds is 5. The molecule has 0 radical (unpaired) electrons. The first-order valence-corrected chi connectivity index (χ1v) is 9.18. The Hall–Kier alpha value is -3.20. The van der Waals surface area contributed by atoms with Gasteiger partial charge in [-0.15, -0.1) is 10.2 Å². The Morgan fingerprint density at radius 1 is 1.22 bits per heavy atom. The number of aromatic nitrogens is 3. The van der Waals surface area contributed by atoms with Gasteiger partial charge in [0, 0.05) is 17.3 Å². The number of carbonyl (C=O) groups is 1. The highest BCUT2D eigenvalue weighted by molar-refractivity contribution is 7.99. The minimum absolute atomic E-state index is 0.150. The van der Waals surface area contributed by atoms with Gasteiger partial charge in [0.2, 0.25) is 17.9 Å². The molecule has 2 aromatic carbocycles. The molecule has 2 heterocycles. The van der Waals surface area contributed by atoms with Crippen molar-refractivity contribution in [2.24, 2.45) is 0 Å². The molecule has 1 aliphatic heterocycles. The third-order valence-corrected chi connectivity index (χ3v) is 4.87. The van der Waals surface area contributed by atoms with Crippen LogP contribution in [0.3, 0.4) is 0 Å². The Morgan fingerprint density at radius 3 is 2.93 bits per heavy atom. The number of nitrogens with zero attached hydrogens (tertiary/aromatic N) is 3. The molecule has 8 nitrogen and oxygen atoms in total. The molecule has 3 aromatic rings. The molecule has 1 aliphatic rings. The summed E-state index contributed by atoms with van der Waals surface area (Å²) in [6, 6.07) is 13.1. The number of nitrogens with two attached hydrogens (primary N) is 1. The number of aryl methyl sites for hydroxylation is 1. The molecular formula is C18H17N5O3S. The van der Waals surface area contributed by atoms with Crippen LogP contribution in [0.15, 0.2) is 47.6 Å². The lowest BCUT2D eigenvalue weighted by Crippen LogP contribution is -2.16. The average Bonchev–Trinajstić information content (AvgIpc) is 3.26.